The SMILES string of the molecule is Cc1cccc(C)c1C(O)C1=CCCCCC1. The fourth-order valence-electron chi connectivity index (χ4n) is 2.73. The number of aliphatic hydroxyl groups excluding tert-OH is 1. The first-order valence-corrected chi connectivity index (χ1v) is 6.63. The van der Waals surface area contributed by atoms with Crippen molar-refractivity contribution in [2.75, 3.05) is 0 Å². The normalized spacial score (nSPS) is 18.4. The highest BCUT2D eigenvalue weighted by Crippen LogP contribution is 2.32. The van der Waals surface area contributed by atoms with Gasteiger partial charge in [-0.25, -0.2) is 0 Å². The minimum Gasteiger partial charge on any atom is -0.384 e. The Labute approximate surface area is 104 Å². The van der Waals surface area contributed by atoms with Gasteiger partial charge in [-0.15, -0.1) is 0 Å². The largest absolute Gasteiger partial charge is 0.384 e. The minimum atomic E-state index is -0.394. The maximum atomic E-state index is 10.6. The van der Waals surface area contributed by atoms with Crippen LogP contribution < -0.4 is 0 Å². The first-order valence-electron chi connectivity index (χ1n) is 6.63. The smallest absolute Gasteiger partial charge is 0.101 e. The lowest BCUT2D eigenvalue weighted by Crippen LogP contribution is -2.06. The van der Waals surface area contributed by atoms with Crippen LogP contribution in [0.15, 0.2) is 29.8 Å². The second kappa shape index (κ2) is 5.50. The summed E-state index contributed by atoms with van der Waals surface area (Å²) in [4.78, 5) is 0. The topological polar surface area (TPSA) is 20.2 Å². The summed E-state index contributed by atoms with van der Waals surface area (Å²) in [5.41, 5.74) is 4.73. The highest BCUT2D eigenvalue weighted by atomic mass is 16.3. The molecule has 0 saturated heterocycles. The van der Waals surface area contributed by atoms with Crippen LogP contribution in [0.5, 0.6) is 0 Å². The van der Waals surface area contributed by atoms with Crippen LogP contribution in [0.4, 0.5) is 0 Å². The Bertz CT molecular complexity index is 397. The van der Waals surface area contributed by atoms with Gasteiger partial charge in [-0.05, 0) is 61.8 Å². The van der Waals surface area contributed by atoms with Gasteiger partial charge in [0.1, 0.15) is 6.10 Å². The van der Waals surface area contributed by atoms with Crippen molar-refractivity contribution in [1.82, 2.24) is 0 Å². The Kier molecular flexibility index (Phi) is 4.01. The van der Waals surface area contributed by atoms with E-state index in [1.54, 1.807) is 0 Å². The molecule has 0 spiro atoms. The molecule has 1 aliphatic rings. The fraction of sp³-hybridized carbons (Fsp3) is 0.500. The maximum absolute atomic E-state index is 10.6. The molecule has 0 heterocycles. The van der Waals surface area contributed by atoms with Crippen molar-refractivity contribution < 1.29 is 5.11 Å². The number of hydrogen-bond acceptors (Lipinski definition) is 1. The number of aryl methyl sites for hydroxylation is 2. The lowest BCUT2D eigenvalue weighted by molar-refractivity contribution is 0.209. The first-order chi connectivity index (χ1) is 8.20. The molecule has 0 aliphatic heterocycles. The van der Waals surface area contributed by atoms with Gasteiger partial charge in [0.2, 0.25) is 0 Å². The number of rotatable bonds is 2. The second-order valence-electron chi connectivity index (χ2n) is 5.09. The highest BCUT2D eigenvalue weighted by Gasteiger charge is 2.18. The summed E-state index contributed by atoms with van der Waals surface area (Å²) in [5, 5.41) is 10.6. The number of allylic oxidation sites excluding steroid dienone is 1. The Morgan fingerprint density at radius 2 is 1.76 bits per heavy atom. The van der Waals surface area contributed by atoms with Gasteiger partial charge in [0.25, 0.3) is 0 Å². The van der Waals surface area contributed by atoms with Crippen LogP contribution in [0.25, 0.3) is 0 Å². The van der Waals surface area contributed by atoms with Gasteiger partial charge in [-0.1, -0.05) is 30.7 Å². The maximum Gasteiger partial charge on any atom is 0.101 e. The molecule has 92 valence electrons. The summed E-state index contributed by atoms with van der Waals surface area (Å²) in [6.45, 7) is 4.17. The zero-order valence-corrected chi connectivity index (χ0v) is 10.9. The summed E-state index contributed by atoms with van der Waals surface area (Å²) < 4.78 is 0. The molecule has 0 amide bonds. The summed E-state index contributed by atoms with van der Waals surface area (Å²) in [6, 6.07) is 6.23. The van der Waals surface area contributed by atoms with E-state index in [9.17, 15) is 5.11 Å². The number of hydrogen-bond donors (Lipinski definition) is 1. The van der Waals surface area contributed by atoms with Crippen molar-refractivity contribution >= 4 is 0 Å². The fourth-order valence-corrected chi connectivity index (χ4v) is 2.73. The molecule has 1 N–H and O–H groups in total. The molecule has 1 unspecified atom stereocenters. The Balaban J connectivity index is 2.29. The molecular weight excluding hydrogens is 208 g/mol. The Hall–Kier alpha value is -1.08. The molecular formula is C16H22O. The first kappa shape index (κ1) is 12.4. The van der Waals surface area contributed by atoms with Gasteiger partial charge in [-0.3, -0.25) is 0 Å². The van der Waals surface area contributed by atoms with Crippen LogP contribution in [0.2, 0.25) is 0 Å². The molecule has 2 rings (SSSR count). The third kappa shape index (κ3) is 2.78. The van der Waals surface area contributed by atoms with Crippen molar-refractivity contribution in [3.8, 4) is 0 Å². The van der Waals surface area contributed by atoms with Crippen molar-refractivity contribution in [3.63, 3.8) is 0 Å². The van der Waals surface area contributed by atoms with E-state index in [0.717, 1.165) is 18.4 Å². The van der Waals surface area contributed by atoms with E-state index in [1.807, 2.05) is 0 Å². The molecule has 0 fully saturated rings. The highest BCUT2D eigenvalue weighted by molar-refractivity contribution is 5.39. The number of benzene rings is 1. The van der Waals surface area contributed by atoms with E-state index >= 15 is 0 Å². The second-order valence-corrected chi connectivity index (χ2v) is 5.09. The van der Waals surface area contributed by atoms with Crippen LogP contribution in [0.3, 0.4) is 0 Å². The zero-order valence-electron chi connectivity index (χ0n) is 10.9. The minimum absolute atomic E-state index is 0.394. The standard InChI is InChI=1S/C16H22O/c1-12-8-7-9-13(2)15(12)16(17)14-10-5-3-4-6-11-14/h7-10,16-17H,3-6,11H2,1-2H3. The van der Waals surface area contributed by atoms with Gasteiger partial charge in [-0.2, -0.15) is 0 Å². The lowest BCUT2D eigenvalue weighted by Gasteiger charge is -2.19. The quantitative estimate of drug-likeness (QED) is 0.754. The molecule has 0 aromatic heterocycles. The van der Waals surface area contributed by atoms with Crippen LogP contribution in [-0.2, 0) is 0 Å². The van der Waals surface area contributed by atoms with Crippen molar-refractivity contribution in [3.05, 3.63) is 46.5 Å². The number of aliphatic hydroxyl groups is 1. The molecule has 0 saturated carbocycles. The third-order valence-electron chi connectivity index (χ3n) is 3.74. The van der Waals surface area contributed by atoms with Crippen LogP contribution in [-0.4, -0.2) is 5.11 Å². The van der Waals surface area contributed by atoms with E-state index in [1.165, 1.54) is 36.0 Å². The molecule has 0 radical (unpaired) electrons. The van der Waals surface area contributed by atoms with Gasteiger partial charge >= 0.3 is 0 Å². The van der Waals surface area contributed by atoms with E-state index < -0.39 is 6.10 Å². The van der Waals surface area contributed by atoms with Crippen LogP contribution >= 0.6 is 0 Å². The molecule has 1 aromatic rings. The van der Waals surface area contributed by atoms with Crippen molar-refractivity contribution in [1.29, 1.82) is 0 Å². The molecule has 1 aliphatic carbocycles. The Morgan fingerprint density at radius 1 is 1.06 bits per heavy atom. The third-order valence-corrected chi connectivity index (χ3v) is 3.74. The van der Waals surface area contributed by atoms with Crippen LogP contribution in [0, 0.1) is 13.8 Å². The molecule has 1 nitrogen and oxygen atoms in total. The van der Waals surface area contributed by atoms with Crippen molar-refractivity contribution in [2.24, 2.45) is 0 Å². The van der Waals surface area contributed by atoms with Crippen LogP contribution in [0.1, 0.15) is 54.9 Å². The lowest BCUT2D eigenvalue weighted by atomic mass is 9.91. The van der Waals surface area contributed by atoms with Gasteiger partial charge in [0.15, 0.2) is 0 Å². The van der Waals surface area contributed by atoms with Gasteiger partial charge in [0, 0.05) is 0 Å². The molecule has 1 heteroatoms. The summed E-state index contributed by atoms with van der Waals surface area (Å²) in [6.07, 6.45) is 7.81. The predicted octanol–water partition coefficient (Wildman–Crippen LogP) is 4.23. The molecule has 1 aromatic carbocycles. The molecule has 17 heavy (non-hydrogen) atoms. The van der Waals surface area contributed by atoms with E-state index in [2.05, 4.69) is 38.1 Å². The van der Waals surface area contributed by atoms with Gasteiger partial charge < -0.3 is 5.11 Å². The van der Waals surface area contributed by atoms with E-state index in [0.29, 0.717) is 0 Å². The summed E-state index contributed by atoms with van der Waals surface area (Å²) >= 11 is 0. The zero-order chi connectivity index (χ0) is 12.3. The molecule has 1 atom stereocenters. The van der Waals surface area contributed by atoms with Gasteiger partial charge in [0.05, 0.1) is 0 Å². The van der Waals surface area contributed by atoms with E-state index in [4.69, 9.17) is 0 Å². The Morgan fingerprint density at radius 3 is 2.47 bits per heavy atom. The summed E-state index contributed by atoms with van der Waals surface area (Å²) in [7, 11) is 0. The average Bonchev–Trinajstić information content (AvgIpc) is 2.57. The predicted molar refractivity (Wildman–Crippen MR) is 72.0 cm³/mol. The summed E-state index contributed by atoms with van der Waals surface area (Å²) in [5.74, 6) is 0. The molecule has 0 bridgehead atoms. The van der Waals surface area contributed by atoms with E-state index in [-0.39, 0.29) is 0 Å². The van der Waals surface area contributed by atoms with Crippen molar-refractivity contribution in [2.45, 2.75) is 52.1 Å². The average molecular weight is 230 g/mol. The monoisotopic (exact) mass is 230 g/mol.